The van der Waals surface area contributed by atoms with Crippen LogP contribution in [-0.2, 0) is 6.54 Å². The van der Waals surface area contributed by atoms with Gasteiger partial charge in [-0.1, -0.05) is 6.07 Å². The SMILES string of the molecule is Cc1c(S)cc(B(O)O)cc1CN. The summed E-state index contributed by atoms with van der Waals surface area (Å²) in [4.78, 5) is 0.728. The van der Waals surface area contributed by atoms with E-state index in [2.05, 4.69) is 12.6 Å². The van der Waals surface area contributed by atoms with Crippen molar-refractivity contribution in [1.82, 2.24) is 0 Å². The zero-order valence-electron chi connectivity index (χ0n) is 7.36. The van der Waals surface area contributed by atoms with Crippen molar-refractivity contribution in [3.63, 3.8) is 0 Å². The van der Waals surface area contributed by atoms with Crippen molar-refractivity contribution < 1.29 is 10.0 Å². The lowest BCUT2D eigenvalue weighted by molar-refractivity contribution is 0.425. The van der Waals surface area contributed by atoms with E-state index in [-0.39, 0.29) is 0 Å². The van der Waals surface area contributed by atoms with Crippen LogP contribution in [0.5, 0.6) is 0 Å². The largest absolute Gasteiger partial charge is 0.488 e. The van der Waals surface area contributed by atoms with E-state index in [4.69, 9.17) is 15.8 Å². The van der Waals surface area contributed by atoms with E-state index in [1.165, 1.54) is 0 Å². The zero-order valence-corrected chi connectivity index (χ0v) is 8.25. The third kappa shape index (κ3) is 2.25. The summed E-state index contributed by atoms with van der Waals surface area (Å²) in [7, 11) is -1.46. The van der Waals surface area contributed by atoms with Gasteiger partial charge in [-0.3, -0.25) is 0 Å². The number of benzene rings is 1. The third-order valence-corrected chi connectivity index (χ3v) is 2.49. The van der Waals surface area contributed by atoms with Crippen LogP contribution in [0.15, 0.2) is 17.0 Å². The van der Waals surface area contributed by atoms with Crippen molar-refractivity contribution in [3.8, 4) is 0 Å². The number of hydrogen-bond acceptors (Lipinski definition) is 4. The summed E-state index contributed by atoms with van der Waals surface area (Å²) in [6.07, 6.45) is 0. The predicted octanol–water partition coefficient (Wildman–Crippen LogP) is -0.578. The van der Waals surface area contributed by atoms with Gasteiger partial charge in [0.15, 0.2) is 0 Å². The average Bonchev–Trinajstić information content (AvgIpc) is 2.09. The minimum atomic E-state index is -1.46. The van der Waals surface area contributed by atoms with Gasteiger partial charge in [0.25, 0.3) is 0 Å². The molecule has 0 aliphatic rings. The van der Waals surface area contributed by atoms with Crippen molar-refractivity contribution in [3.05, 3.63) is 23.3 Å². The molecule has 70 valence electrons. The van der Waals surface area contributed by atoms with Gasteiger partial charge >= 0.3 is 7.12 Å². The van der Waals surface area contributed by atoms with Crippen molar-refractivity contribution >= 4 is 25.2 Å². The highest BCUT2D eigenvalue weighted by molar-refractivity contribution is 7.80. The second kappa shape index (κ2) is 4.15. The maximum absolute atomic E-state index is 8.94. The highest BCUT2D eigenvalue weighted by atomic mass is 32.1. The average molecular weight is 197 g/mol. The molecule has 1 aromatic carbocycles. The quantitative estimate of drug-likeness (QED) is 0.379. The molecule has 5 heteroatoms. The first-order valence-electron chi connectivity index (χ1n) is 3.95. The van der Waals surface area contributed by atoms with E-state index >= 15 is 0 Å². The van der Waals surface area contributed by atoms with E-state index in [0.29, 0.717) is 12.0 Å². The Bertz CT molecular complexity index is 317. The lowest BCUT2D eigenvalue weighted by atomic mass is 9.79. The van der Waals surface area contributed by atoms with Crippen LogP contribution >= 0.6 is 12.6 Å². The van der Waals surface area contributed by atoms with Crippen LogP contribution in [0.3, 0.4) is 0 Å². The minimum absolute atomic E-state index is 0.375. The Hall–Kier alpha value is -0.485. The van der Waals surface area contributed by atoms with Crippen LogP contribution < -0.4 is 11.2 Å². The van der Waals surface area contributed by atoms with Crippen LogP contribution in [0.1, 0.15) is 11.1 Å². The van der Waals surface area contributed by atoms with Crippen molar-refractivity contribution in [2.45, 2.75) is 18.4 Å². The fourth-order valence-corrected chi connectivity index (χ4v) is 1.44. The normalized spacial score (nSPS) is 10.2. The summed E-state index contributed by atoms with van der Waals surface area (Å²) in [6.45, 7) is 2.28. The van der Waals surface area contributed by atoms with Gasteiger partial charge in [-0.2, -0.15) is 0 Å². The molecule has 0 aliphatic heterocycles. The van der Waals surface area contributed by atoms with Gasteiger partial charge in [-0.25, -0.2) is 0 Å². The zero-order chi connectivity index (χ0) is 10.0. The molecule has 0 heterocycles. The molecule has 13 heavy (non-hydrogen) atoms. The second-order valence-corrected chi connectivity index (χ2v) is 3.38. The first-order chi connectivity index (χ1) is 6.06. The Morgan fingerprint density at radius 2 is 2.08 bits per heavy atom. The summed E-state index contributed by atoms with van der Waals surface area (Å²) < 4.78 is 0. The van der Waals surface area contributed by atoms with E-state index in [1.54, 1.807) is 12.1 Å². The summed E-state index contributed by atoms with van der Waals surface area (Å²) >= 11 is 4.21. The number of hydrogen-bond donors (Lipinski definition) is 4. The molecule has 0 fully saturated rings. The van der Waals surface area contributed by atoms with Gasteiger partial charge in [-0.05, 0) is 29.6 Å². The Morgan fingerprint density at radius 3 is 2.54 bits per heavy atom. The molecule has 0 saturated heterocycles. The van der Waals surface area contributed by atoms with E-state index in [9.17, 15) is 0 Å². The van der Waals surface area contributed by atoms with Gasteiger partial charge < -0.3 is 15.8 Å². The fraction of sp³-hybridized carbons (Fsp3) is 0.250. The van der Waals surface area contributed by atoms with E-state index < -0.39 is 7.12 Å². The van der Waals surface area contributed by atoms with E-state index in [0.717, 1.165) is 16.0 Å². The fourth-order valence-electron chi connectivity index (χ4n) is 1.14. The minimum Gasteiger partial charge on any atom is -0.423 e. The maximum atomic E-state index is 8.94. The summed E-state index contributed by atoms with van der Waals surface area (Å²) in [5, 5.41) is 17.9. The standard InChI is InChI=1S/C8H12BNO2S/c1-5-6(4-10)2-7(9(11)12)3-8(5)13/h2-3,11-13H,4,10H2,1H3. The Balaban J connectivity index is 3.22. The van der Waals surface area contributed by atoms with Gasteiger partial charge in [0.05, 0.1) is 0 Å². The molecule has 0 radical (unpaired) electrons. The van der Waals surface area contributed by atoms with Gasteiger partial charge in [0.2, 0.25) is 0 Å². The Labute approximate surface area is 83.1 Å². The van der Waals surface area contributed by atoms with Crippen LogP contribution in [0, 0.1) is 6.92 Å². The van der Waals surface area contributed by atoms with Crippen molar-refractivity contribution in [2.75, 3.05) is 0 Å². The molecule has 0 saturated carbocycles. The Morgan fingerprint density at radius 1 is 1.46 bits per heavy atom. The highest BCUT2D eigenvalue weighted by Gasteiger charge is 2.13. The number of rotatable bonds is 2. The molecule has 1 aromatic rings. The molecular weight excluding hydrogens is 185 g/mol. The lowest BCUT2D eigenvalue weighted by Gasteiger charge is -2.09. The molecule has 1 rings (SSSR count). The van der Waals surface area contributed by atoms with E-state index in [1.807, 2.05) is 6.92 Å². The number of thiol groups is 1. The molecular formula is C8H12BNO2S. The van der Waals surface area contributed by atoms with Crippen LogP contribution in [0.25, 0.3) is 0 Å². The topological polar surface area (TPSA) is 66.5 Å². The second-order valence-electron chi connectivity index (χ2n) is 2.90. The molecule has 0 unspecified atom stereocenters. The Kier molecular flexibility index (Phi) is 3.38. The molecule has 0 amide bonds. The smallest absolute Gasteiger partial charge is 0.423 e. The molecule has 0 aliphatic carbocycles. The maximum Gasteiger partial charge on any atom is 0.488 e. The summed E-state index contributed by atoms with van der Waals surface area (Å²) in [5.74, 6) is 0. The molecule has 3 nitrogen and oxygen atoms in total. The first-order valence-corrected chi connectivity index (χ1v) is 4.39. The van der Waals surface area contributed by atoms with Crippen molar-refractivity contribution in [2.24, 2.45) is 5.73 Å². The lowest BCUT2D eigenvalue weighted by Crippen LogP contribution is -2.30. The van der Waals surface area contributed by atoms with Crippen molar-refractivity contribution in [1.29, 1.82) is 0 Å². The van der Waals surface area contributed by atoms with Gasteiger partial charge in [-0.15, -0.1) is 12.6 Å². The van der Waals surface area contributed by atoms with Crippen LogP contribution in [0.4, 0.5) is 0 Å². The molecule has 0 bridgehead atoms. The third-order valence-electron chi connectivity index (χ3n) is 2.03. The number of nitrogens with two attached hydrogens (primary N) is 1. The summed E-state index contributed by atoms with van der Waals surface area (Å²) in [5.41, 5.74) is 7.78. The highest BCUT2D eigenvalue weighted by Crippen LogP contribution is 2.15. The van der Waals surface area contributed by atoms with Crippen LogP contribution in [-0.4, -0.2) is 17.2 Å². The first kappa shape index (κ1) is 10.6. The van der Waals surface area contributed by atoms with Gasteiger partial charge in [0.1, 0.15) is 0 Å². The predicted molar refractivity (Wildman–Crippen MR) is 56.1 cm³/mol. The molecule has 0 aromatic heterocycles. The molecule has 4 N–H and O–H groups in total. The molecule has 0 atom stereocenters. The monoisotopic (exact) mass is 197 g/mol. The summed E-state index contributed by atoms with van der Waals surface area (Å²) in [6, 6.07) is 3.31. The molecule has 0 spiro atoms. The van der Waals surface area contributed by atoms with Gasteiger partial charge in [0, 0.05) is 11.4 Å². The van der Waals surface area contributed by atoms with Crippen LogP contribution in [0.2, 0.25) is 0 Å².